The first kappa shape index (κ1) is 15.5. The first-order valence-electron chi connectivity index (χ1n) is 6.37. The van der Waals surface area contributed by atoms with Crippen LogP contribution in [0.15, 0.2) is 30.3 Å². The lowest BCUT2D eigenvalue weighted by molar-refractivity contribution is -0.384. The first-order chi connectivity index (χ1) is 10.0. The fourth-order valence-electron chi connectivity index (χ4n) is 1.83. The number of halogens is 2. The van der Waals surface area contributed by atoms with Gasteiger partial charge in [0, 0.05) is 23.2 Å². The predicted molar refractivity (Wildman–Crippen MR) is 85.1 cm³/mol. The molecule has 0 radical (unpaired) electrons. The molecule has 110 valence electrons. The summed E-state index contributed by atoms with van der Waals surface area (Å²) < 4.78 is 0. The van der Waals surface area contributed by atoms with Crippen LogP contribution in [-0.4, -0.2) is 16.5 Å². The van der Waals surface area contributed by atoms with Crippen molar-refractivity contribution in [2.45, 2.75) is 13.3 Å². The molecular formula is C14H13Cl2N3O2. The zero-order chi connectivity index (χ0) is 15.4. The minimum absolute atomic E-state index is 0.0960. The third-order valence-electron chi connectivity index (χ3n) is 2.81. The number of anilines is 1. The van der Waals surface area contributed by atoms with Crippen LogP contribution in [0, 0.1) is 10.1 Å². The number of pyridine rings is 1. The largest absolute Gasteiger partial charge is 0.370 e. The zero-order valence-corrected chi connectivity index (χ0v) is 12.8. The first-order valence-corrected chi connectivity index (χ1v) is 7.13. The van der Waals surface area contributed by atoms with Crippen molar-refractivity contribution < 1.29 is 4.92 Å². The summed E-state index contributed by atoms with van der Waals surface area (Å²) in [5.74, 6) is 0.573. The topological polar surface area (TPSA) is 68.1 Å². The lowest BCUT2D eigenvalue weighted by Gasteiger charge is -2.09. The Kier molecular flexibility index (Phi) is 4.98. The van der Waals surface area contributed by atoms with Crippen LogP contribution in [0.25, 0.3) is 11.3 Å². The minimum Gasteiger partial charge on any atom is -0.370 e. The second-order valence-corrected chi connectivity index (χ2v) is 5.22. The third kappa shape index (κ3) is 3.62. The van der Waals surface area contributed by atoms with Gasteiger partial charge >= 0.3 is 0 Å². The van der Waals surface area contributed by atoms with Crippen molar-refractivity contribution in [3.8, 4) is 11.3 Å². The molecule has 0 spiro atoms. The van der Waals surface area contributed by atoms with Crippen molar-refractivity contribution in [1.29, 1.82) is 0 Å². The maximum absolute atomic E-state index is 11.2. The number of hydrogen-bond acceptors (Lipinski definition) is 4. The van der Waals surface area contributed by atoms with Crippen LogP contribution >= 0.6 is 23.2 Å². The van der Waals surface area contributed by atoms with Gasteiger partial charge in [-0.15, -0.1) is 0 Å². The Labute approximate surface area is 132 Å². The van der Waals surface area contributed by atoms with E-state index in [4.69, 9.17) is 23.2 Å². The Bertz CT molecular complexity index is 677. The SMILES string of the molecule is CCCNc1ccc([N+](=O)[O-])c(-c2ccc(Cl)cc2Cl)n1. The molecule has 2 aromatic rings. The van der Waals surface area contributed by atoms with Crippen LogP contribution in [0.3, 0.4) is 0 Å². The molecule has 0 unspecified atom stereocenters. The number of aromatic nitrogens is 1. The van der Waals surface area contributed by atoms with Gasteiger partial charge in [0.1, 0.15) is 5.82 Å². The smallest absolute Gasteiger partial charge is 0.295 e. The van der Waals surface area contributed by atoms with Gasteiger partial charge in [-0.05, 0) is 30.7 Å². The molecule has 0 atom stereocenters. The molecule has 21 heavy (non-hydrogen) atoms. The average Bonchev–Trinajstić information content (AvgIpc) is 2.44. The van der Waals surface area contributed by atoms with Crippen LogP contribution in [0.5, 0.6) is 0 Å². The maximum atomic E-state index is 11.2. The molecule has 0 aliphatic heterocycles. The molecule has 2 rings (SSSR count). The van der Waals surface area contributed by atoms with Crippen LogP contribution in [0.2, 0.25) is 10.0 Å². The quantitative estimate of drug-likeness (QED) is 0.634. The molecule has 0 saturated heterocycles. The second kappa shape index (κ2) is 6.74. The highest BCUT2D eigenvalue weighted by Gasteiger charge is 2.20. The van der Waals surface area contributed by atoms with Gasteiger partial charge in [-0.25, -0.2) is 4.98 Å². The van der Waals surface area contributed by atoms with Gasteiger partial charge in [0.25, 0.3) is 5.69 Å². The monoisotopic (exact) mass is 325 g/mol. The number of nitrogens with zero attached hydrogens (tertiary/aromatic N) is 2. The Morgan fingerprint density at radius 1 is 1.29 bits per heavy atom. The van der Waals surface area contributed by atoms with Gasteiger partial charge < -0.3 is 5.32 Å². The van der Waals surface area contributed by atoms with Gasteiger partial charge in [0.2, 0.25) is 0 Å². The van der Waals surface area contributed by atoms with E-state index in [1.54, 1.807) is 18.2 Å². The lowest BCUT2D eigenvalue weighted by Crippen LogP contribution is -2.04. The van der Waals surface area contributed by atoms with E-state index in [0.29, 0.717) is 21.4 Å². The van der Waals surface area contributed by atoms with Gasteiger partial charge in [-0.3, -0.25) is 10.1 Å². The highest BCUT2D eigenvalue weighted by Crippen LogP contribution is 2.35. The number of nitrogens with one attached hydrogen (secondary N) is 1. The molecule has 0 amide bonds. The van der Waals surface area contributed by atoms with Crippen molar-refractivity contribution in [2.75, 3.05) is 11.9 Å². The van der Waals surface area contributed by atoms with Crippen LogP contribution in [0.4, 0.5) is 11.5 Å². The van der Waals surface area contributed by atoms with E-state index in [-0.39, 0.29) is 11.4 Å². The second-order valence-electron chi connectivity index (χ2n) is 4.37. The van der Waals surface area contributed by atoms with E-state index in [0.717, 1.165) is 13.0 Å². The van der Waals surface area contributed by atoms with E-state index in [2.05, 4.69) is 10.3 Å². The summed E-state index contributed by atoms with van der Waals surface area (Å²) in [6.45, 7) is 2.76. The van der Waals surface area contributed by atoms with Gasteiger partial charge in [-0.2, -0.15) is 0 Å². The molecule has 0 aliphatic rings. The number of benzene rings is 1. The van der Waals surface area contributed by atoms with Gasteiger partial charge in [0.05, 0.1) is 9.95 Å². The Morgan fingerprint density at radius 3 is 2.67 bits per heavy atom. The molecule has 0 aliphatic carbocycles. The molecule has 1 heterocycles. The van der Waals surface area contributed by atoms with Crippen LogP contribution < -0.4 is 5.32 Å². The summed E-state index contributed by atoms with van der Waals surface area (Å²) in [6.07, 6.45) is 0.926. The molecule has 1 aromatic carbocycles. The normalized spacial score (nSPS) is 10.4. The van der Waals surface area contributed by atoms with Crippen molar-refractivity contribution in [3.63, 3.8) is 0 Å². The summed E-state index contributed by atoms with van der Waals surface area (Å²) in [4.78, 5) is 15.0. The number of hydrogen-bond donors (Lipinski definition) is 1. The summed E-state index contributed by atoms with van der Waals surface area (Å²) >= 11 is 12.0. The minimum atomic E-state index is -0.475. The van der Waals surface area contributed by atoms with Crippen molar-refractivity contribution in [2.24, 2.45) is 0 Å². The Balaban J connectivity index is 2.54. The highest BCUT2D eigenvalue weighted by atomic mass is 35.5. The van der Waals surface area contributed by atoms with E-state index >= 15 is 0 Å². The van der Waals surface area contributed by atoms with E-state index in [9.17, 15) is 10.1 Å². The van der Waals surface area contributed by atoms with Crippen LogP contribution in [-0.2, 0) is 0 Å². The van der Waals surface area contributed by atoms with E-state index in [1.807, 2.05) is 6.92 Å². The Morgan fingerprint density at radius 2 is 2.05 bits per heavy atom. The van der Waals surface area contributed by atoms with Gasteiger partial charge in [0.15, 0.2) is 5.69 Å². The molecule has 7 heteroatoms. The van der Waals surface area contributed by atoms with E-state index in [1.165, 1.54) is 12.1 Å². The average molecular weight is 326 g/mol. The molecular weight excluding hydrogens is 313 g/mol. The summed E-state index contributed by atoms with van der Waals surface area (Å²) in [6, 6.07) is 7.80. The van der Waals surface area contributed by atoms with Crippen molar-refractivity contribution in [3.05, 3.63) is 50.5 Å². The van der Waals surface area contributed by atoms with Crippen molar-refractivity contribution in [1.82, 2.24) is 4.98 Å². The van der Waals surface area contributed by atoms with E-state index < -0.39 is 4.92 Å². The lowest BCUT2D eigenvalue weighted by atomic mass is 10.1. The highest BCUT2D eigenvalue weighted by molar-refractivity contribution is 6.36. The maximum Gasteiger partial charge on any atom is 0.295 e. The summed E-state index contributed by atoms with van der Waals surface area (Å²) in [5.41, 5.74) is 0.608. The molecule has 0 bridgehead atoms. The fraction of sp³-hybridized carbons (Fsp3) is 0.214. The summed E-state index contributed by atoms with van der Waals surface area (Å²) in [7, 11) is 0. The molecule has 0 saturated carbocycles. The molecule has 1 N–H and O–H groups in total. The predicted octanol–water partition coefficient (Wildman–Crippen LogP) is 4.79. The number of rotatable bonds is 5. The fourth-order valence-corrected chi connectivity index (χ4v) is 2.33. The Hall–Kier alpha value is -1.85. The molecule has 1 aromatic heterocycles. The van der Waals surface area contributed by atoms with Crippen LogP contribution in [0.1, 0.15) is 13.3 Å². The third-order valence-corrected chi connectivity index (χ3v) is 3.36. The van der Waals surface area contributed by atoms with Gasteiger partial charge in [-0.1, -0.05) is 30.1 Å². The number of nitro groups is 1. The molecule has 0 fully saturated rings. The summed E-state index contributed by atoms with van der Waals surface area (Å²) in [5, 5.41) is 15.1. The van der Waals surface area contributed by atoms with Crippen molar-refractivity contribution >= 4 is 34.7 Å². The zero-order valence-electron chi connectivity index (χ0n) is 11.3. The molecule has 5 nitrogen and oxygen atoms in total. The standard InChI is InChI=1S/C14H13Cl2N3O2/c1-2-7-17-13-6-5-12(19(20)21)14(18-13)10-4-3-9(15)8-11(10)16/h3-6,8H,2,7H2,1H3,(H,17,18).